The fourth-order valence-corrected chi connectivity index (χ4v) is 2.12. The Labute approximate surface area is 146 Å². The van der Waals surface area contributed by atoms with Crippen LogP contribution in [0.2, 0.25) is 0 Å². The quantitative estimate of drug-likeness (QED) is 0.432. The molecule has 0 aliphatic carbocycles. The second kappa shape index (κ2) is 8.87. The molecule has 1 aromatic carbocycles. The molecule has 2 aromatic rings. The van der Waals surface area contributed by atoms with E-state index in [9.17, 15) is 9.59 Å². The Hall–Kier alpha value is -2.82. The molecule has 0 aliphatic heterocycles. The Kier molecular flexibility index (Phi) is 6.57. The van der Waals surface area contributed by atoms with Crippen molar-refractivity contribution in [3.05, 3.63) is 58.2 Å². The van der Waals surface area contributed by atoms with E-state index < -0.39 is 5.63 Å². The Bertz CT molecular complexity index is 845. The summed E-state index contributed by atoms with van der Waals surface area (Å²) in [6.45, 7) is 3.88. The van der Waals surface area contributed by atoms with Crippen LogP contribution in [0.5, 0.6) is 0 Å². The molecule has 0 saturated carbocycles. The fraction of sp³-hybridized carbons (Fsp3) is 0.300. The van der Waals surface area contributed by atoms with Gasteiger partial charge >= 0.3 is 11.6 Å². The summed E-state index contributed by atoms with van der Waals surface area (Å²) in [7, 11) is 1.57. The summed E-state index contributed by atoms with van der Waals surface area (Å²) in [5.74, 6) is -0.366. The molecule has 25 heavy (non-hydrogen) atoms. The van der Waals surface area contributed by atoms with Gasteiger partial charge in [-0.15, -0.1) is 0 Å². The summed E-state index contributed by atoms with van der Waals surface area (Å²) in [5, 5.41) is 0.811. The SMILES string of the molecule is CCC(C)C(=O)OC/C=C/c1cc2ccc(/C=C/OC)cc2oc1=O. The summed E-state index contributed by atoms with van der Waals surface area (Å²) < 4.78 is 15.4. The summed E-state index contributed by atoms with van der Waals surface area (Å²) >= 11 is 0. The first-order chi connectivity index (χ1) is 12.0. The summed E-state index contributed by atoms with van der Waals surface area (Å²) in [6, 6.07) is 7.29. The molecule has 0 amide bonds. The zero-order chi connectivity index (χ0) is 18.2. The standard InChI is InChI=1S/C20H22O5/c1-4-14(2)19(21)24-10-5-6-17-13-16-8-7-15(9-11-23-3)12-18(16)25-20(17)22/h5-9,11-14H,4,10H2,1-3H3/b6-5+,11-9+. The predicted molar refractivity (Wildman–Crippen MR) is 98.0 cm³/mol. The number of benzene rings is 1. The van der Waals surface area contributed by atoms with E-state index in [0.29, 0.717) is 11.1 Å². The largest absolute Gasteiger partial charge is 0.504 e. The molecule has 1 unspecified atom stereocenters. The molecule has 1 atom stereocenters. The lowest BCUT2D eigenvalue weighted by Crippen LogP contribution is -2.13. The van der Waals surface area contributed by atoms with Gasteiger partial charge in [0, 0.05) is 5.39 Å². The van der Waals surface area contributed by atoms with Gasteiger partial charge in [-0.05, 0) is 42.3 Å². The van der Waals surface area contributed by atoms with Gasteiger partial charge in [-0.2, -0.15) is 0 Å². The van der Waals surface area contributed by atoms with Gasteiger partial charge in [-0.1, -0.05) is 26.0 Å². The van der Waals surface area contributed by atoms with Crippen molar-refractivity contribution in [3.63, 3.8) is 0 Å². The van der Waals surface area contributed by atoms with E-state index in [0.717, 1.165) is 17.4 Å². The van der Waals surface area contributed by atoms with Crippen LogP contribution in [0, 0.1) is 5.92 Å². The van der Waals surface area contributed by atoms with Gasteiger partial charge in [-0.25, -0.2) is 4.79 Å². The molecule has 132 valence electrons. The number of hydrogen-bond donors (Lipinski definition) is 0. The monoisotopic (exact) mass is 342 g/mol. The summed E-state index contributed by atoms with van der Waals surface area (Å²) in [4.78, 5) is 23.7. The number of ether oxygens (including phenoxy) is 2. The number of esters is 1. The van der Waals surface area contributed by atoms with Crippen LogP contribution in [0.15, 0.2) is 45.8 Å². The first-order valence-corrected chi connectivity index (χ1v) is 8.15. The van der Waals surface area contributed by atoms with E-state index in [1.54, 1.807) is 43.7 Å². The topological polar surface area (TPSA) is 65.7 Å². The van der Waals surface area contributed by atoms with Crippen LogP contribution in [0.1, 0.15) is 31.4 Å². The van der Waals surface area contributed by atoms with Crippen molar-refractivity contribution in [2.45, 2.75) is 20.3 Å². The lowest BCUT2D eigenvalue weighted by molar-refractivity contribution is -0.146. The summed E-state index contributed by atoms with van der Waals surface area (Å²) in [5.41, 5.74) is 1.35. The molecule has 0 fully saturated rings. The van der Waals surface area contributed by atoms with Crippen LogP contribution in [0.25, 0.3) is 23.1 Å². The van der Waals surface area contributed by atoms with Crippen LogP contribution in [0.4, 0.5) is 0 Å². The van der Waals surface area contributed by atoms with E-state index in [2.05, 4.69) is 0 Å². The maximum Gasteiger partial charge on any atom is 0.343 e. The lowest BCUT2D eigenvalue weighted by Gasteiger charge is -2.06. The number of hydrogen-bond acceptors (Lipinski definition) is 5. The highest BCUT2D eigenvalue weighted by Crippen LogP contribution is 2.17. The normalized spacial score (nSPS) is 12.8. The van der Waals surface area contributed by atoms with Gasteiger partial charge in [0.05, 0.1) is 24.9 Å². The Morgan fingerprint density at radius 2 is 2.08 bits per heavy atom. The number of carbonyl (C=O) groups excluding carboxylic acids is 1. The zero-order valence-electron chi connectivity index (χ0n) is 14.7. The third-order valence-corrected chi connectivity index (χ3v) is 3.82. The van der Waals surface area contributed by atoms with E-state index in [-0.39, 0.29) is 18.5 Å². The zero-order valence-corrected chi connectivity index (χ0v) is 14.7. The minimum Gasteiger partial charge on any atom is -0.504 e. The number of carbonyl (C=O) groups is 1. The number of rotatable bonds is 7. The van der Waals surface area contributed by atoms with Crippen LogP contribution >= 0.6 is 0 Å². The van der Waals surface area contributed by atoms with Gasteiger partial charge in [-0.3, -0.25) is 4.79 Å². The van der Waals surface area contributed by atoms with Crippen molar-refractivity contribution in [2.24, 2.45) is 5.92 Å². The first-order valence-electron chi connectivity index (χ1n) is 8.15. The van der Waals surface area contributed by atoms with Gasteiger partial charge in [0.1, 0.15) is 12.2 Å². The Balaban J connectivity index is 2.13. The highest BCUT2D eigenvalue weighted by molar-refractivity contribution is 5.81. The highest BCUT2D eigenvalue weighted by Gasteiger charge is 2.10. The van der Waals surface area contributed by atoms with Crippen molar-refractivity contribution in [3.8, 4) is 0 Å². The van der Waals surface area contributed by atoms with Crippen LogP contribution < -0.4 is 5.63 Å². The van der Waals surface area contributed by atoms with Gasteiger partial charge in [0.25, 0.3) is 0 Å². The minimum absolute atomic E-state index is 0.125. The van der Waals surface area contributed by atoms with Crippen molar-refractivity contribution in [1.29, 1.82) is 0 Å². The van der Waals surface area contributed by atoms with Gasteiger partial charge < -0.3 is 13.9 Å². The molecule has 5 heteroatoms. The molecule has 2 rings (SSSR count). The Morgan fingerprint density at radius 1 is 1.28 bits per heavy atom. The molecule has 0 saturated heterocycles. The Morgan fingerprint density at radius 3 is 2.80 bits per heavy atom. The molecule has 1 heterocycles. The molecular weight excluding hydrogens is 320 g/mol. The van der Waals surface area contributed by atoms with E-state index in [1.807, 2.05) is 26.0 Å². The first kappa shape index (κ1) is 18.5. The molecule has 0 N–H and O–H groups in total. The number of methoxy groups -OCH3 is 1. The molecule has 0 aliphatic rings. The van der Waals surface area contributed by atoms with Crippen LogP contribution in [0.3, 0.4) is 0 Å². The molecule has 0 bridgehead atoms. The maximum absolute atomic E-state index is 12.1. The van der Waals surface area contributed by atoms with Crippen LogP contribution in [-0.4, -0.2) is 19.7 Å². The summed E-state index contributed by atoms with van der Waals surface area (Å²) in [6.07, 6.45) is 7.30. The van der Waals surface area contributed by atoms with Gasteiger partial charge in [0.15, 0.2) is 0 Å². The van der Waals surface area contributed by atoms with Crippen molar-refractivity contribution in [1.82, 2.24) is 0 Å². The molecule has 0 radical (unpaired) electrons. The van der Waals surface area contributed by atoms with E-state index >= 15 is 0 Å². The average Bonchev–Trinajstić information content (AvgIpc) is 2.62. The van der Waals surface area contributed by atoms with Crippen molar-refractivity contribution < 1.29 is 18.7 Å². The maximum atomic E-state index is 12.1. The molecule has 1 aromatic heterocycles. The second-order valence-corrected chi connectivity index (χ2v) is 5.67. The van der Waals surface area contributed by atoms with Crippen LogP contribution in [-0.2, 0) is 14.3 Å². The smallest absolute Gasteiger partial charge is 0.343 e. The molecule has 0 spiro atoms. The lowest BCUT2D eigenvalue weighted by atomic mass is 10.1. The number of fused-ring (bicyclic) bond motifs is 1. The third-order valence-electron chi connectivity index (χ3n) is 3.82. The van der Waals surface area contributed by atoms with Crippen molar-refractivity contribution >= 4 is 29.1 Å². The van der Waals surface area contributed by atoms with Crippen molar-refractivity contribution in [2.75, 3.05) is 13.7 Å². The van der Waals surface area contributed by atoms with E-state index in [1.165, 1.54) is 0 Å². The minimum atomic E-state index is -0.440. The fourth-order valence-electron chi connectivity index (χ4n) is 2.12. The highest BCUT2D eigenvalue weighted by atomic mass is 16.5. The van der Waals surface area contributed by atoms with E-state index in [4.69, 9.17) is 13.9 Å². The average molecular weight is 342 g/mol. The van der Waals surface area contributed by atoms with Gasteiger partial charge in [0.2, 0.25) is 0 Å². The third kappa shape index (κ3) is 5.08. The second-order valence-electron chi connectivity index (χ2n) is 5.67. The molecular formula is C20H22O5. The molecule has 5 nitrogen and oxygen atoms in total. The predicted octanol–water partition coefficient (Wildman–Crippen LogP) is 4.01.